The summed E-state index contributed by atoms with van der Waals surface area (Å²) in [4.78, 5) is 4.08. The number of methoxy groups -OCH3 is 1. The number of nitrogens with zero attached hydrogens (tertiary/aromatic N) is 1. The number of rotatable bonds is 3. The average Bonchev–Trinajstić information content (AvgIpc) is 3.08. The Kier molecular flexibility index (Phi) is 7.07. The minimum atomic E-state index is 0. The molecule has 1 aliphatic carbocycles. The second-order valence-corrected chi connectivity index (χ2v) is 3.26. The van der Waals surface area contributed by atoms with Crippen molar-refractivity contribution in [1.82, 2.24) is 4.98 Å². The molecule has 1 aromatic rings. The van der Waals surface area contributed by atoms with Gasteiger partial charge in [-0.05, 0) is 25.8 Å². The molecule has 16 heavy (non-hydrogen) atoms. The summed E-state index contributed by atoms with van der Waals surface area (Å²) in [5, 5.41) is 0. The molecule has 1 aromatic heterocycles. The highest BCUT2D eigenvalue weighted by Crippen LogP contribution is 2.31. The predicted molar refractivity (Wildman–Crippen MR) is 71.6 cm³/mol. The molecule has 1 fully saturated rings. The van der Waals surface area contributed by atoms with Crippen molar-refractivity contribution in [3.8, 4) is 11.6 Å². The maximum Gasteiger partial charge on any atom is 0.219 e. The van der Waals surface area contributed by atoms with E-state index in [1.165, 1.54) is 12.8 Å². The third-order valence-electron chi connectivity index (χ3n) is 2.12. The smallest absolute Gasteiger partial charge is 0.219 e. The van der Waals surface area contributed by atoms with E-state index >= 15 is 0 Å². The third-order valence-corrected chi connectivity index (χ3v) is 2.12. The Morgan fingerprint density at radius 3 is 2.44 bits per heavy atom. The first-order valence-electron chi connectivity index (χ1n) is 5.47. The highest BCUT2D eigenvalue weighted by molar-refractivity contribution is 6.92. The molecule has 1 aliphatic rings. The van der Waals surface area contributed by atoms with Crippen molar-refractivity contribution in [2.24, 2.45) is 0 Å². The minimum Gasteiger partial charge on any atom is -0.490 e. The zero-order valence-electron chi connectivity index (χ0n) is 10.6. The van der Waals surface area contributed by atoms with Gasteiger partial charge in [-0.3, -0.25) is 0 Å². The second kappa shape index (κ2) is 7.45. The first kappa shape index (κ1) is 15.2. The molecule has 0 bridgehead atoms. The van der Waals surface area contributed by atoms with E-state index in [-0.39, 0.29) is 9.90 Å². The van der Waals surface area contributed by atoms with Gasteiger partial charge in [0.05, 0.1) is 18.8 Å². The summed E-state index contributed by atoms with van der Waals surface area (Å²) in [6.45, 7) is 5.96. The van der Waals surface area contributed by atoms with Gasteiger partial charge in [0.2, 0.25) is 5.88 Å². The maximum absolute atomic E-state index is 5.68. The van der Waals surface area contributed by atoms with E-state index in [1.54, 1.807) is 13.3 Å². The fraction of sp³-hybridized carbons (Fsp3) is 0.583. The molecule has 0 aromatic carbocycles. The van der Waals surface area contributed by atoms with Crippen LogP contribution in [-0.4, -0.2) is 18.2 Å². The van der Waals surface area contributed by atoms with Crippen LogP contribution in [0.3, 0.4) is 0 Å². The molecule has 0 amide bonds. The molecule has 0 aliphatic heterocycles. The van der Waals surface area contributed by atoms with Crippen molar-refractivity contribution in [3.63, 3.8) is 0 Å². The van der Waals surface area contributed by atoms with Crippen LogP contribution in [0.4, 0.5) is 0 Å². The number of ether oxygens (including phenoxy) is 2. The lowest BCUT2D eigenvalue weighted by molar-refractivity contribution is 0.296. The maximum atomic E-state index is 5.68. The van der Waals surface area contributed by atoms with Crippen LogP contribution < -0.4 is 9.47 Å². The van der Waals surface area contributed by atoms with Crippen LogP contribution in [0.1, 0.15) is 32.3 Å². The van der Waals surface area contributed by atoms with Crippen LogP contribution in [-0.2, 0) is 0 Å². The van der Waals surface area contributed by atoms with E-state index in [2.05, 4.69) is 4.98 Å². The molecule has 3 nitrogen and oxygen atoms in total. The molecule has 1 heterocycles. The number of hydrogen-bond donors (Lipinski definition) is 0. The number of pyridine rings is 1. The Morgan fingerprint density at radius 2 is 1.94 bits per heavy atom. The van der Waals surface area contributed by atoms with E-state index < -0.39 is 0 Å². The third kappa shape index (κ3) is 3.97. The number of hydrogen-bond acceptors (Lipinski definition) is 3. The van der Waals surface area contributed by atoms with Gasteiger partial charge < -0.3 is 9.47 Å². The Morgan fingerprint density at radius 1 is 1.31 bits per heavy atom. The van der Waals surface area contributed by atoms with Crippen molar-refractivity contribution in [2.45, 2.75) is 39.7 Å². The second-order valence-electron chi connectivity index (χ2n) is 3.26. The van der Waals surface area contributed by atoms with Gasteiger partial charge in [0, 0.05) is 6.20 Å². The SMILES string of the molecule is CC.COc1nccc(OC2CC2)c1C.P. The van der Waals surface area contributed by atoms with Crippen LogP contribution in [0.5, 0.6) is 11.6 Å². The zero-order valence-corrected chi connectivity index (χ0v) is 12.0. The van der Waals surface area contributed by atoms with Crippen molar-refractivity contribution >= 4 is 9.90 Å². The summed E-state index contributed by atoms with van der Waals surface area (Å²) in [7, 11) is 1.62. The van der Waals surface area contributed by atoms with E-state index in [9.17, 15) is 0 Å². The zero-order chi connectivity index (χ0) is 11.3. The lowest BCUT2D eigenvalue weighted by Gasteiger charge is -2.09. The lowest BCUT2D eigenvalue weighted by atomic mass is 10.3. The summed E-state index contributed by atoms with van der Waals surface area (Å²) in [5.74, 6) is 1.55. The molecule has 2 rings (SSSR count). The summed E-state index contributed by atoms with van der Waals surface area (Å²) in [5.41, 5.74) is 0.983. The van der Waals surface area contributed by atoms with Crippen LogP contribution >= 0.6 is 9.90 Å². The van der Waals surface area contributed by atoms with Gasteiger partial charge in [-0.15, -0.1) is 0 Å². The lowest BCUT2D eigenvalue weighted by Crippen LogP contribution is -2.00. The van der Waals surface area contributed by atoms with Crippen molar-refractivity contribution < 1.29 is 9.47 Å². The van der Waals surface area contributed by atoms with Gasteiger partial charge >= 0.3 is 0 Å². The molecular weight excluding hydrogens is 221 g/mol. The molecule has 0 spiro atoms. The topological polar surface area (TPSA) is 31.4 Å². The van der Waals surface area contributed by atoms with Crippen LogP contribution in [0.25, 0.3) is 0 Å². The molecule has 92 valence electrons. The molecule has 1 atom stereocenters. The Labute approximate surface area is 101 Å². The first-order chi connectivity index (χ1) is 7.31. The molecule has 4 heteroatoms. The van der Waals surface area contributed by atoms with E-state index in [0.717, 1.165) is 11.3 Å². The largest absolute Gasteiger partial charge is 0.490 e. The average molecular weight is 243 g/mol. The summed E-state index contributed by atoms with van der Waals surface area (Å²) >= 11 is 0. The highest BCUT2D eigenvalue weighted by Gasteiger charge is 2.24. The normalized spacial score (nSPS) is 13.0. The van der Waals surface area contributed by atoms with Crippen molar-refractivity contribution in [3.05, 3.63) is 17.8 Å². The van der Waals surface area contributed by atoms with Gasteiger partial charge in [-0.25, -0.2) is 4.98 Å². The standard InChI is InChI=1S/C10H13NO2.C2H6.H3P/c1-7-9(13-8-3-4-8)5-6-11-10(7)12-2;1-2;/h5-6,8H,3-4H2,1-2H3;1-2H3;1H3. The Bertz CT molecular complexity index is 314. The quantitative estimate of drug-likeness (QED) is 0.765. The molecule has 1 unspecified atom stereocenters. The Hall–Kier alpha value is -0.820. The van der Waals surface area contributed by atoms with E-state index in [4.69, 9.17) is 9.47 Å². The molecule has 1 saturated carbocycles. The summed E-state index contributed by atoms with van der Waals surface area (Å²) in [6, 6.07) is 1.89. The predicted octanol–water partition coefficient (Wildman–Crippen LogP) is 3.02. The first-order valence-corrected chi connectivity index (χ1v) is 5.47. The van der Waals surface area contributed by atoms with Crippen LogP contribution in [0.2, 0.25) is 0 Å². The van der Waals surface area contributed by atoms with Crippen molar-refractivity contribution in [1.29, 1.82) is 0 Å². The van der Waals surface area contributed by atoms with Crippen LogP contribution in [0, 0.1) is 6.92 Å². The fourth-order valence-corrected chi connectivity index (χ4v) is 1.20. The fourth-order valence-electron chi connectivity index (χ4n) is 1.20. The summed E-state index contributed by atoms with van der Waals surface area (Å²) < 4.78 is 10.8. The molecular formula is C12H22NO2P. The van der Waals surface area contributed by atoms with E-state index in [0.29, 0.717) is 12.0 Å². The number of aromatic nitrogens is 1. The highest BCUT2D eigenvalue weighted by atomic mass is 31.0. The molecule has 0 saturated heterocycles. The van der Waals surface area contributed by atoms with Gasteiger partial charge in [-0.2, -0.15) is 9.90 Å². The van der Waals surface area contributed by atoms with Gasteiger partial charge in [-0.1, -0.05) is 13.8 Å². The van der Waals surface area contributed by atoms with Gasteiger partial charge in [0.15, 0.2) is 0 Å². The molecule has 0 N–H and O–H groups in total. The summed E-state index contributed by atoms with van der Waals surface area (Å²) in [6.07, 6.45) is 4.48. The van der Waals surface area contributed by atoms with Crippen LogP contribution in [0.15, 0.2) is 12.3 Å². The monoisotopic (exact) mass is 243 g/mol. The van der Waals surface area contributed by atoms with Gasteiger partial charge in [0.1, 0.15) is 5.75 Å². The molecule has 0 radical (unpaired) electrons. The Balaban J connectivity index is 0.000000711. The van der Waals surface area contributed by atoms with Crippen molar-refractivity contribution in [2.75, 3.05) is 7.11 Å². The van der Waals surface area contributed by atoms with Gasteiger partial charge in [0.25, 0.3) is 0 Å². The minimum absolute atomic E-state index is 0. The van der Waals surface area contributed by atoms with E-state index in [1.807, 2.05) is 26.8 Å².